The lowest BCUT2D eigenvalue weighted by molar-refractivity contribution is 1.18. The first-order valence-electron chi connectivity index (χ1n) is 16.8. The molecule has 0 spiro atoms. The summed E-state index contributed by atoms with van der Waals surface area (Å²) in [5.41, 5.74) is 11.8. The molecule has 0 saturated carbocycles. The van der Waals surface area contributed by atoms with Gasteiger partial charge < -0.3 is 9.47 Å². The summed E-state index contributed by atoms with van der Waals surface area (Å²) in [7, 11) is 0. The lowest BCUT2D eigenvalue weighted by atomic mass is 10.0. The standard InChI is InChI=1S/C47H31N3/c48-32-33-15-22-41(23-16-33)50-45-30-21-38-13-7-8-14-43(38)47(45)44-29-28-42(31-46(44)50)49(39-24-17-36(18-25-39)34-9-3-1-4-10-34)40-26-19-37(20-27-40)35-11-5-2-6-12-35/h1-31H. The first kappa shape index (κ1) is 29.3. The Bertz CT molecular complexity index is 2580. The Morgan fingerprint density at radius 2 is 0.960 bits per heavy atom. The molecule has 9 aromatic rings. The van der Waals surface area contributed by atoms with Gasteiger partial charge in [0.15, 0.2) is 0 Å². The van der Waals surface area contributed by atoms with Crippen LogP contribution in [0.2, 0.25) is 0 Å². The van der Waals surface area contributed by atoms with Crippen molar-refractivity contribution in [3.63, 3.8) is 0 Å². The number of aromatic nitrogens is 1. The molecule has 0 atom stereocenters. The van der Waals surface area contributed by atoms with Crippen LogP contribution < -0.4 is 4.90 Å². The topological polar surface area (TPSA) is 32.0 Å². The number of nitriles is 1. The molecule has 50 heavy (non-hydrogen) atoms. The van der Waals surface area contributed by atoms with Crippen LogP contribution in [0, 0.1) is 11.3 Å². The van der Waals surface area contributed by atoms with Crippen LogP contribution >= 0.6 is 0 Å². The fourth-order valence-corrected chi connectivity index (χ4v) is 7.19. The number of hydrogen-bond acceptors (Lipinski definition) is 2. The van der Waals surface area contributed by atoms with Crippen molar-refractivity contribution in [1.82, 2.24) is 4.57 Å². The molecule has 234 valence electrons. The van der Waals surface area contributed by atoms with Crippen molar-refractivity contribution in [3.8, 4) is 34.0 Å². The highest BCUT2D eigenvalue weighted by Gasteiger charge is 2.19. The Balaban J connectivity index is 1.26. The minimum absolute atomic E-state index is 0.643. The molecule has 0 bridgehead atoms. The average molecular weight is 638 g/mol. The van der Waals surface area contributed by atoms with Crippen LogP contribution in [0.15, 0.2) is 188 Å². The fourth-order valence-electron chi connectivity index (χ4n) is 7.19. The fraction of sp³-hybridized carbons (Fsp3) is 0. The van der Waals surface area contributed by atoms with E-state index in [0.29, 0.717) is 5.56 Å². The second-order valence-corrected chi connectivity index (χ2v) is 12.5. The lowest BCUT2D eigenvalue weighted by Gasteiger charge is -2.26. The molecule has 0 saturated heterocycles. The highest BCUT2D eigenvalue weighted by molar-refractivity contribution is 6.21. The second kappa shape index (κ2) is 12.3. The van der Waals surface area contributed by atoms with Gasteiger partial charge in [-0.1, -0.05) is 121 Å². The third-order valence-corrected chi connectivity index (χ3v) is 9.62. The van der Waals surface area contributed by atoms with E-state index in [1.54, 1.807) is 0 Å². The molecule has 9 rings (SSSR count). The quantitative estimate of drug-likeness (QED) is 0.182. The molecule has 1 aromatic heterocycles. The monoisotopic (exact) mass is 637 g/mol. The van der Waals surface area contributed by atoms with E-state index in [1.807, 2.05) is 24.3 Å². The van der Waals surface area contributed by atoms with E-state index < -0.39 is 0 Å². The zero-order valence-corrected chi connectivity index (χ0v) is 27.2. The molecule has 0 unspecified atom stereocenters. The number of hydrogen-bond donors (Lipinski definition) is 0. The summed E-state index contributed by atoms with van der Waals surface area (Å²) >= 11 is 0. The summed E-state index contributed by atoms with van der Waals surface area (Å²) in [5, 5.41) is 14.4. The van der Waals surface area contributed by atoms with Gasteiger partial charge in [-0.2, -0.15) is 5.26 Å². The summed E-state index contributed by atoms with van der Waals surface area (Å²) in [6, 6.07) is 68.6. The Labute approximate surface area is 291 Å². The molecule has 0 aliphatic carbocycles. The summed E-state index contributed by atoms with van der Waals surface area (Å²) in [6.45, 7) is 0. The van der Waals surface area contributed by atoms with Crippen LogP contribution in [0.5, 0.6) is 0 Å². The van der Waals surface area contributed by atoms with Gasteiger partial charge >= 0.3 is 0 Å². The number of nitrogens with zero attached hydrogens (tertiary/aromatic N) is 3. The molecule has 3 nitrogen and oxygen atoms in total. The van der Waals surface area contributed by atoms with Gasteiger partial charge in [0.25, 0.3) is 0 Å². The maximum Gasteiger partial charge on any atom is 0.0991 e. The summed E-state index contributed by atoms with van der Waals surface area (Å²) in [6.07, 6.45) is 0. The van der Waals surface area contributed by atoms with Crippen LogP contribution in [0.25, 0.3) is 60.5 Å². The molecular weight excluding hydrogens is 607 g/mol. The molecule has 8 aromatic carbocycles. The predicted molar refractivity (Wildman–Crippen MR) is 209 cm³/mol. The Kier molecular flexibility index (Phi) is 7.19. The zero-order chi connectivity index (χ0) is 33.4. The van der Waals surface area contributed by atoms with E-state index in [1.165, 1.54) is 43.8 Å². The first-order chi connectivity index (χ1) is 24.7. The van der Waals surface area contributed by atoms with Gasteiger partial charge in [-0.05, 0) is 99.8 Å². The molecular formula is C47H31N3. The smallest absolute Gasteiger partial charge is 0.0991 e. The third kappa shape index (κ3) is 5.08. The summed E-state index contributed by atoms with van der Waals surface area (Å²) in [5.74, 6) is 0. The molecule has 0 radical (unpaired) electrons. The van der Waals surface area contributed by atoms with Gasteiger partial charge in [-0.25, -0.2) is 0 Å². The van der Waals surface area contributed by atoms with E-state index in [0.717, 1.165) is 33.8 Å². The second-order valence-electron chi connectivity index (χ2n) is 12.5. The average Bonchev–Trinajstić information content (AvgIpc) is 3.53. The predicted octanol–water partition coefficient (Wildman–Crippen LogP) is 12.6. The highest BCUT2D eigenvalue weighted by atomic mass is 15.1. The molecule has 0 N–H and O–H groups in total. The van der Waals surface area contributed by atoms with E-state index in [4.69, 9.17) is 0 Å². The van der Waals surface area contributed by atoms with Crippen molar-refractivity contribution in [2.75, 3.05) is 4.90 Å². The Hall–Kier alpha value is -6.89. The van der Waals surface area contributed by atoms with Gasteiger partial charge in [0, 0.05) is 33.5 Å². The van der Waals surface area contributed by atoms with Gasteiger partial charge in [-0.3, -0.25) is 0 Å². The van der Waals surface area contributed by atoms with Gasteiger partial charge in [-0.15, -0.1) is 0 Å². The molecule has 3 heteroatoms. The summed E-state index contributed by atoms with van der Waals surface area (Å²) in [4.78, 5) is 2.34. The number of anilines is 3. The van der Waals surface area contributed by atoms with E-state index in [-0.39, 0.29) is 0 Å². The first-order valence-corrected chi connectivity index (χ1v) is 16.8. The van der Waals surface area contributed by atoms with Crippen LogP contribution in [-0.4, -0.2) is 4.57 Å². The largest absolute Gasteiger partial charge is 0.310 e. The summed E-state index contributed by atoms with van der Waals surface area (Å²) < 4.78 is 2.33. The minimum atomic E-state index is 0.643. The van der Waals surface area contributed by atoms with E-state index in [2.05, 4.69) is 179 Å². The maximum absolute atomic E-state index is 9.54. The Morgan fingerprint density at radius 1 is 0.420 bits per heavy atom. The van der Waals surface area contributed by atoms with Crippen molar-refractivity contribution in [2.24, 2.45) is 0 Å². The highest BCUT2D eigenvalue weighted by Crippen LogP contribution is 2.42. The number of fused-ring (bicyclic) bond motifs is 5. The maximum atomic E-state index is 9.54. The van der Waals surface area contributed by atoms with Crippen molar-refractivity contribution in [2.45, 2.75) is 0 Å². The zero-order valence-electron chi connectivity index (χ0n) is 27.2. The van der Waals surface area contributed by atoms with Gasteiger partial charge in [0.1, 0.15) is 0 Å². The number of benzene rings is 8. The third-order valence-electron chi connectivity index (χ3n) is 9.62. The van der Waals surface area contributed by atoms with Crippen molar-refractivity contribution < 1.29 is 0 Å². The minimum Gasteiger partial charge on any atom is -0.310 e. The number of rotatable bonds is 6. The van der Waals surface area contributed by atoms with Gasteiger partial charge in [0.05, 0.1) is 22.7 Å². The van der Waals surface area contributed by atoms with Crippen LogP contribution in [0.4, 0.5) is 17.1 Å². The normalized spacial score (nSPS) is 11.2. The molecule has 0 aliphatic rings. The van der Waals surface area contributed by atoms with Crippen molar-refractivity contribution in [1.29, 1.82) is 5.26 Å². The molecule has 0 amide bonds. The lowest BCUT2D eigenvalue weighted by Crippen LogP contribution is -2.10. The van der Waals surface area contributed by atoms with Crippen molar-refractivity contribution >= 4 is 49.6 Å². The van der Waals surface area contributed by atoms with Gasteiger partial charge in [0.2, 0.25) is 0 Å². The van der Waals surface area contributed by atoms with E-state index in [9.17, 15) is 5.26 Å². The Morgan fingerprint density at radius 3 is 1.56 bits per heavy atom. The molecule has 1 heterocycles. The SMILES string of the molecule is N#Cc1ccc(-n2c3cc(N(c4ccc(-c5ccccc5)cc4)c4ccc(-c5ccccc5)cc4)ccc3c3c4ccccc4ccc32)cc1. The van der Waals surface area contributed by atoms with Crippen LogP contribution in [0.1, 0.15) is 5.56 Å². The molecule has 0 aliphatic heterocycles. The molecule has 0 fully saturated rings. The van der Waals surface area contributed by atoms with Crippen molar-refractivity contribution in [3.05, 3.63) is 194 Å². The van der Waals surface area contributed by atoms with E-state index >= 15 is 0 Å². The van der Waals surface area contributed by atoms with Crippen LogP contribution in [-0.2, 0) is 0 Å². The van der Waals surface area contributed by atoms with Crippen LogP contribution in [0.3, 0.4) is 0 Å².